The topological polar surface area (TPSA) is 80.4 Å². The summed E-state index contributed by atoms with van der Waals surface area (Å²) >= 11 is 0. The number of aliphatic hydroxyl groups excluding tert-OH is 1. The van der Waals surface area contributed by atoms with Gasteiger partial charge in [-0.05, 0) is 24.5 Å². The number of sulfone groups is 1. The van der Waals surface area contributed by atoms with E-state index in [9.17, 15) is 22.3 Å². The molecule has 21 heavy (non-hydrogen) atoms. The summed E-state index contributed by atoms with van der Waals surface area (Å²) in [6.07, 6.45) is 0.316. The van der Waals surface area contributed by atoms with E-state index in [1.54, 1.807) is 0 Å². The minimum atomic E-state index is -3.41. The van der Waals surface area contributed by atoms with Gasteiger partial charge in [0.1, 0.15) is 11.6 Å². The van der Waals surface area contributed by atoms with E-state index in [2.05, 4.69) is 0 Å². The fourth-order valence-electron chi connectivity index (χ4n) is 2.87. The van der Waals surface area contributed by atoms with Crippen LogP contribution in [0.1, 0.15) is 30.7 Å². The maximum atomic E-state index is 13.9. The summed E-state index contributed by atoms with van der Waals surface area (Å²) in [6, 6.07) is 2.99. The largest absolute Gasteiger partial charge is 0.391 e. The standard InChI is InChI=1S/C14H19F2NO3S/c15-9-4-5-10(12(16)7-9)11(8-17)14(18)13-3-1-2-6-21(13,19)20/h4-5,7,11,13-14,18H,1-3,6,8,17H2. The van der Waals surface area contributed by atoms with Crippen LogP contribution in [-0.4, -0.2) is 37.2 Å². The van der Waals surface area contributed by atoms with Gasteiger partial charge in [0.25, 0.3) is 0 Å². The molecular weight excluding hydrogens is 300 g/mol. The van der Waals surface area contributed by atoms with Crippen molar-refractivity contribution in [3.05, 3.63) is 35.4 Å². The molecule has 0 saturated carbocycles. The monoisotopic (exact) mass is 319 g/mol. The SMILES string of the molecule is NCC(c1ccc(F)cc1F)C(O)C1CCCCS1(=O)=O. The second-order valence-corrected chi connectivity index (χ2v) is 7.74. The molecule has 3 atom stereocenters. The van der Waals surface area contributed by atoms with Crippen LogP contribution in [0.25, 0.3) is 0 Å². The Morgan fingerprint density at radius 3 is 2.62 bits per heavy atom. The van der Waals surface area contributed by atoms with Crippen LogP contribution in [0.2, 0.25) is 0 Å². The molecule has 2 rings (SSSR count). The lowest BCUT2D eigenvalue weighted by Gasteiger charge is -2.31. The fraction of sp³-hybridized carbons (Fsp3) is 0.571. The molecule has 3 N–H and O–H groups in total. The van der Waals surface area contributed by atoms with E-state index >= 15 is 0 Å². The number of hydrogen-bond donors (Lipinski definition) is 2. The molecule has 1 fully saturated rings. The molecule has 1 saturated heterocycles. The Bertz CT molecular complexity index is 606. The molecule has 1 aliphatic rings. The molecule has 7 heteroatoms. The lowest BCUT2D eigenvalue weighted by molar-refractivity contribution is 0.132. The van der Waals surface area contributed by atoms with Crippen LogP contribution in [0.15, 0.2) is 18.2 Å². The van der Waals surface area contributed by atoms with E-state index in [4.69, 9.17) is 5.73 Å². The fourth-order valence-corrected chi connectivity index (χ4v) is 4.92. The number of aliphatic hydroxyl groups is 1. The Kier molecular flexibility index (Phi) is 4.95. The maximum absolute atomic E-state index is 13.9. The third-order valence-corrected chi connectivity index (χ3v) is 6.33. The highest BCUT2D eigenvalue weighted by atomic mass is 32.2. The zero-order valence-electron chi connectivity index (χ0n) is 11.5. The van der Waals surface area contributed by atoms with E-state index in [-0.39, 0.29) is 17.9 Å². The van der Waals surface area contributed by atoms with Gasteiger partial charge >= 0.3 is 0 Å². The molecule has 0 radical (unpaired) electrons. The molecule has 1 aromatic carbocycles. The molecule has 1 aromatic rings. The third kappa shape index (κ3) is 3.41. The number of hydrogen-bond acceptors (Lipinski definition) is 4. The van der Waals surface area contributed by atoms with E-state index < -0.39 is 38.7 Å². The van der Waals surface area contributed by atoms with Crippen molar-refractivity contribution >= 4 is 9.84 Å². The molecule has 0 bridgehead atoms. The molecule has 1 heterocycles. The lowest BCUT2D eigenvalue weighted by atomic mass is 9.89. The lowest BCUT2D eigenvalue weighted by Crippen LogP contribution is -2.43. The van der Waals surface area contributed by atoms with Gasteiger partial charge in [-0.3, -0.25) is 0 Å². The van der Waals surface area contributed by atoms with Gasteiger partial charge in [0.05, 0.1) is 17.1 Å². The van der Waals surface area contributed by atoms with Crippen LogP contribution in [0.4, 0.5) is 8.78 Å². The first-order valence-electron chi connectivity index (χ1n) is 6.91. The summed E-state index contributed by atoms with van der Waals surface area (Å²) in [5.41, 5.74) is 5.64. The molecule has 0 spiro atoms. The van der Waals surface area contributed by atoms with Gasteiger partial charge in [-0.2, -0.15) is 0 Å². The van der Waals surface area contributed by atoms with Crippen LogP contribution < -0.4 is 5.73 Å². The number of benzene rings is 1. The van der Waals surface area contributed by atoms with Gasteiger partial charge < -0.3 is 10.8 Å². The van der Waals surface area contributed by atoms with Crippen molar-refractivity contribution in [2.24, 2.45) is 5.73 Å². The number of rotatable bonds is 4. The van der Waals surface area contributed by atoms with Crippen LogP contribution in [0, 0.1) is 11.6 Å². The number of halogens is 2. The van der Waals surface area contributed by atoms with Gasteiger partial charge in [0.15, 0.2) is 9.84 Å². The third-order valence-electron chi connectivity index (χ3n) is 4.04. The van der Waals surface area contributed by atoms with Gasteiger partial charge in [0.2, 0.25) is 0 Å². The van der Waals surface area contributed by atoms with E-state index in [0.29, 0.717) is 25.3 Å². The summed E-state index contributed by atoms with van der Waals surface area (Å²) in [7, 11) is -3.41. The Hall–Kier alpha value is -1.05. The summed E-state index contributed by atoms with van der Waals surface area (Å²) < 4.78 is 50.9. The van der Waals surface area contributed by atoms with Gasteiger partial charge in [-0.1, -0.05) is 12.5 Å². The Balaban J connectivity index is 2.32. The molecule has 118 valence electrons. The molecule has 0 aliphatic carbocycles. The zero-order valence-corrected chi connectivity index (χ0v) is 12.3. The Labute approximate surface area is 122 Å². The zero-order chi connectivity index (χ0) is 15.6. The van der Waals surface area contributed by atoms with Gasteiger partial charge in [-0.25, -0.2) is 17.2 Å². The first kappa shape index (κ1) is 16.3. The quantitative estimate of drug-likeness (QED) is 0.877. The minimum absolute atomic E-state index is 0.0257. The normalized spacial score (nSPS) is 24.5. The molecule has 4 nitrogen and oxygen atoms in total. The van der Waals surface area contributed by atoms with Crippen molar-refractivity contribution in [3.8, 4) is 0 Å². The maximum Gasteiger partial charge on any atom is 0.155 e. The second kappa shape index (κ2) is 6.37. The highest BCUT2D eigenvalue weighted by molar-refractivity contribution is 7.92. The molecule has 0 amide bonds. The predicted molar refractivity (Wildman–Crippen MR) is 75.6 cm³/mol. The van der Waals surface area contributed by atoms with Crippen LogP contribution in [0.3, 0.4) is 0 Å². The molecule has 0 aromatic heterocycles. The van der Waals surface area contributed by atoms with E-state index in [1.807, 2.05) is 0 Å². The van der Waals surface area contributed by atoms with Crippen LogP contribution in [-0.2, 0) is 9.84 Å². The van der Waals surface area contributed by atoms with Crippen LogP contribution in [0.5, 0.6) is 0 Å². The van der Waals surface area contributed by atoms with Crippen molar-refractivity contribution in [2.75, 3.05) is 12.3 Å². The summed E-state index contributed by atoms with van der Waals surface area (Å²) in [6.45, 7) is -0.115. The van der Waals surface area contributed by atoms with Crippen molar-refractivity contribution in [3.63, 3.8) is 0 Å². The van der Waals surface area contributed by atoms with Crippen molar-refractivity contribution in [2.45, 2.75) is 36.5 Å². The van der Waals surface area contributed by atoms with Crippen molar-refractivity contribution in [1.29, 1.82) is 0 Å². The highest BCUT2D eigenvalue weighted by Gasteiger charge is 2.39. The minimum Gasteiger partial charge on any atom is -0.391 e. The summed E-state index contributed by atoms with van der Waals surface area (Å²) in [5, 5.41) is 9.46. The van der Waals surface area contributed by atoms with Gasteiger partial charge in [-0.15, -0.1) is 0 Å². The molecule has 1 aliphatic heterocycles. The average Bonchev–Trinajstić information content (AvgIpc) is 2.41. The summed E-state index contributed by atoms with van der Waals surface area (Å²) in [4.78, 5) is 0. The average molecular weight is 319 g/mol. The van der Waals surface area contributed by atoms with Crippen molar-refractivity contribution in [1.82, 2.24) is 0 Å². The second-order valence-electron chi connectivity index (χ2n) is 5.40. The van der Waals surface area contributed by atoms with E-state index in [0.717, 1.165) is 6.07 Å². The van der Waals surface area contributed by atoms with Gasteiger partial charge in [0, 0.05) is 18.5 Å². The Morgan fingerprint density at radius 2 is 2.05 bits per heavy atom. The smallest absolute Gasteiger partial charge is 0.155 e. The predicted octanol–water partition coefficient (Wildman–Crippen LogP) is 1.34. The van der Waals surface area contributed by atoms with Crippen LogP contribution >= 0.6 is 0 Å². The molecular formula is C14H19F2NO3S. The first-order chi connectivity index (χ1) is 9.86. The van der Waals surface area contributed by atoms with Crippen molar-refractivity contribution < 1.29 is 22.3 Å². The highest BCUT2D eigenvalue weighted by Crippen LogP contribution is 2.31. The Morgan fingerprint density at radius 1 is 1.33 bits per heavy atom. The first-order valence-corrected chi connectivity index (χ1v) is 8.63. The van der Waals surface area contributed by atoms with E-state index in [1.165, 1.54) is 6.07 Å². The number of nitrogens with two attached hydrogens (primary N) is 1. The summed E-state index contributed by atoms with van der Waals surface area (Å²) in [5.74, 6) is -2.40. The molecule has 3 unspecified atom stereocenters.